The maximum absolute atomic E-state index is 12.6. The van der Waals surface area contributed by atoms with E-state index in [0.717, 1.165) is 0 Å². The Morgan fingerprint density at radius 1 is 1.42 bits per heavy atom. The Morgan fingerprint density at radius 3 is 2.58 bits per heavy atom. The standard InChI is InChI=1S/C13H13ClF3NO/c1-8(19)9-2-3-12(11(14)6-9)18-5-4-10(7-18)13(15,16)17/h2-3,6,10H,4-5,7H2,1H3. The van der Waals surface area contributed by atoms with Crippen LogP contribution in [0.3, 0.4) is 0 Å². The zero-order valence-electron chi connectivity index (χ0n) is 10.3. The zero-order chi connectivity index (χ0) is 14.2. The SMILES string of the molecule is CC(=O)c1ccc(N2CCC(C(F)(F)F)C2)c(Cl)c1. The van der Waals surface area contributed by atoms with Gasteiger partial charge in [0.15, 0.2) is 5.78 Å². The van der Waals surface area contributed by atoms with Gasteiger partial charge in [-0.05, 0) is 31.5 Å². The van der Waals surface area contributed by atoms with Gasteiger partial charge in [0.25, 0.3) is 0 Å². The molecule has 0 radical (unpaired) electrons. The van der Waals surface area contributed by atoms with E-state index < -0.39 is 12.1 Å². The second-order valence-corrected chi connectivity index (χ2v) is 5.10. The molecule has 1 aromatic carbocycles. The summed E-state index contributed by atoms with van der Waals surface area (Å²) in [4.78, 5) is 12.8. The van der Waals surface area contributed by atoms with Crippen LogP contribution in [0.15, 0.2) is 18.2 Å². The predicted molar refractivity (Wildman–Crippen MR) is 67.8 cm³/mol. The minimum Gasteiger partial charge on any atom is -0.370 e. The van der Waals surface area contributed by atoms with Gasteiger partial charge in [0.1, 0.15) is 0 Å². The van der Waals surface area contributed by atoms with Crippen LogP contribution in [0.4, 0.5) is 18.9 Å². The van der Waals surface area contributed by atoms with Crippen LogP contribution in [0.25, 0.3) is 0 Å². The summed E-state index contributed by atoms with van der Waals surface area (Å²) in [6.07, 6.45) is -4.09. The maximum Gasteiger partial charge on any atom is 0.393 e. The minimum absolute atomic E-state index is 0.0777. The number of Topliss-reactive ketones (excluding diaryl/α,β-unsaturated/α-hetero) is 1. The lowest BCUT2D eigenvalue weighted by Crippen LogP contribution is -2.27. The first-order valence-electron chi connectivity index (χ1n) is 5.91. The number of nitrogens with zero attached hydrogens (tertiary/aromatic N) is 1. The molecule has 1 fully saturated rings. The highest BCUT2D eigenvalue weighted by molar-refractivity contribution is 6.33. The van der Waals surface area contributed by atoms with Crippen molar-refractivity contribution in [2.75, 3.05) is 18.0 Å². The maximum atomic E-state index is 12.6. The topological polar surface area (TPSA) is 20.3 Å². The van der Waals surface area contributed by atoms with Gasteiger partial charge in [-0.15, -0.1) is 0 Å². The number of anilines is 1. The second kappa shape index (κ2) is 5.04. The molecule has 1 saturated heterocycles. The van der Waals surface area contributed by atoms with Crippen molar-refractivity contribution in [3.63, 3.8) is 0 Å². The highest BCUT2D eigenvalue weighted by atomic mass is 35.5. The molecule has 6 heteroatoms. The fraction of sp³-hybridized carbons (Fsp3) is 0.462. The molecule has 1 aromatic rings. The molecular formula is C13H13ClF3NO. The molecule has 1 aliphatic rings. The van der Waals surface area contributed by atoms with Crippen LogP contribution < -0.4 is 4.90 Å². The van der Waals surface area contributed by atoms with Crippen LogP contribution in [0.5, 0.6) is 0 Å². The van der Waals surface area contributed by atoms with E-state index in [1.807, 2.05) is 0 Å². The first kappa shape index (κ1) is 14.2. The third-order valence-corrected chi connectivity index (χ3v) is 3.65. The third kappa shape index (κ3) is 3.03. The number of carbonyl (C=O) groups excluding carboxylic acids is 1. The number of benzene rings is 1. The van der Waals surface area contributed by atoms with E-state index >= 15 is 0 Å². The molecule has 0 saturated carbocycles. The van der Waals surface area contributed by atoms with Crippen molar-refractivity contribution in [1.29, 1.82) is 0 Å². The Hall–Kier alpha value is -1.23. The van der Waals surface area contributed by atoms with Gasteiger partial charge in [-0.3, -0.25) is 4.79 Å². The molecule has 1 heterocycles. The van der Waals surface area contributed by atoms with Crippen LogP contribution in [-0.4, -0.2) is 25.0 Å². The molecule has 1 atom stereocenters. The van der Waals surface area contributed by atoms with E-state index in [1.54, 1.807) is 17.0 Å². The Labute approximate surface area is 114 Å². The van der Waals surface area contributed by atoms with Crippen LogP contribution in [0.2, 0.25) is 5.02 Å². The van der Waals surface area contributed by atoms with Gasteiger partial charge in [0.2, 0.25) is 0 Å². The Kier molecular flexibility index (Phi) is 3.76. The van der Waals surface area contributed by atoms with Gasteiger partial charge in [0.05, 0.1) is 16.6 Å². The van der Waals surface area contributed by atoms with Gasteiger partial charge >= 0.3 is 6.18 Å². The summed E-state index contributed by atoms with van der Waals surface area (Å²) in [6.45, 7) is 1.66. The summed E-state index contributed by atoms with van der Waals surface area (Å²) < 4.78 is 37.8. The third-order valence-electron chi connectivity index (χ3n) is 3.35. The van der Waals surface area contributed by atoms with Crippen molar-refractivity contribution in [2.24, 2.45) is 5.92 Å². The van der Waals surface area contributed by atoms with E-state index in [-0.39, 0.29) is 18.7 Å². The second-order valence-electron chi connectivity index (χ2n) is 4.70. The summed E-state index contributed by atoms with van der Waals surface area (Å²) in [5.41, 5.74) is 1.01. The Balaban J connectivity index is 2.18. The predicted octanol–water partition coefficient (Wildman–Crippen LogP) is 3.93. The average Bonchev–Trinajstić information content (AvgIpc) is 2.77. The monoisotopic (exact) mass is 291 g/mol. The van der Waals surface area contributed by atoms with Crippen LogP contribution in [0.1, 0.15) is 23.7 Å². The molecule has 0 bridgehead atoms. The molecule has 2 rings (SSSR count). The molecule has 0 spiro atoms. The summed E-state index contributed by atoms with van der Waals surface area (Å²) in [7, 11) is 0. The lowest BCUT2D eigenvalue weighted by atomic mass is 10.1. The highest BCUT2D eigenvalue weighted by Crippen LogP contribution is 2.37. The number of hydrogen-bond acceptors (Lipinski definition) is 2. The van der Waals surface area contributed by atoms with Gasteiger partial charge in [0, 0.05) is 18.7 Å². The number of halogens is 4. The molecule has 0 aromatic heterocycles. The molecule has 104 valence electrons. The number of alkyl halides is 3. The van der Waals surface area contributed by atoms with E-state index in [4.69, 9.17) is 11.6 Å². The van der Waals surface area contributed by atoms with Crippen LogP contribution in [0, 0.1) is 5.92 Å². The van der Waals surface area contributed by atoms with Gasteiger partial charge in [-0.2, -0.15) is 13.2 Å². The molecule has 2 nitrogen and oxygen atoms in total. The molecule has 0 aliphatic carbocycles. The van der Waals surface area contributed by atoms with Crippen molar-refractivity contribution in [3.05, 3.63) is 28.8 Å². The molecular weight excluding hydrogens is 279 g/mol. The van der Waals surface area contributed by atoms with Gasteiger partial charge < -0.3 is 4.90 Å². The number of hydrogen-bond donors (Lipinski definition) is 0. The van der Waals surface area contributed by atoms with E-state index in [1.165, 1.54) is 13.0 Å². The Bertz CT molecular complexity index is 501. The fourth-order valence-electron chi connectivity index (χ4n) is 2.23. The van der Waals surface area contributed by atoms with Crippen molar-refractivity contribution in [3.8, 4) is 0 Å². The van der Waals surface area contributed by atoms with Crippen molar-refractivity contribution < 1.29 is 18.0 Å². The molecule has 0 amide bonds. The number of rotatable bonds is 2. The van der Waals surface area contributed by atoms with Gasteiger partial charge in [-0.25, -0.2) is 0 Å². The summed E-state index contributed by atoms with van der Waals surface area (Å²) in [5.74, 6) is -1.43. The number of carbonyl (C=O) groups is 1. The largest absolute Gasteiger partial charge is 0.393 e. The minimum atomic E-state index is -4.17. The summed E-state index contributed by atoms with van der Waals surface area (Å²) in [5, 5.41) is 0.315. The first-order chi connectivity index (χ1) is 8.79. The van der Waals surface area contributed by atoms with E-state index in [9.17, 15) is 18.0 Å². The number of ketones is 1. The van der Waals surface area contributed by atoms with Crippen molar-refractivity contribution >= 4 is 23.1 Å². The lowest BCUT2D eigenvalue weighted by Gasteiger charge is -2.21. The van der Waals surface area contributed by atoms with E-state index in [0.29, 0.717) is 22.8 Å². The molecule has 1 aliphatic heterocycles. The molecule has 1 unspecified atom stereocenters. The zero-order valence-corrected chi connectivity index (χ0v) is 11.1. The lowest BCUT2D eigenvalue weighted by molar-refractivity contribution is -0.168. The Morgan fingerprint density at radius 2 is 2.11 bits per heavy atom. The first-order valence-corrected chi connectivity index (χ1v) is 6.29. The van der Waals surface area contributed by atoms with Crippen LogP contribution >= 0.6 is 11.6 Å². The fourth-order valence-corrected chi connectivity index (χ4v) is 2.53. The van der Waals surface area contributed by atoms with E-state index in [2.05, 4.69) is 0 Å². The van der Waals surface area contributed by atoms with Crippen molar-refractivity contribution in [2.45, 2.75) is 19.5 Å². The average molecular weight is 292 g/mol. The quantitative estimate of drug-likeness (QED) is 0.770. The molecule has 19 heavy (non-hydrogen) atoms. The highest BCUT2D eigenvalue weighted by Gasteiger charge is 2.43. The van der Waals surface area contributed by atoms with Crippen LogP contribution in [-0.2, 0) is 0 Å². The molecule has 0 N–H and O–H groups in total. The summed E-state index contributed by atoms with van der Waals surface area (Å²) >= 11 is 6.04. The van der Waals surface area contributed by atoms with Crippen molar-refractivity contribution in [1.82, 2.24) is 0 Å². The normalized spacial score (nSPS) is 19.8. The summed E-state index contributed by atoms with van der Waals surface area (Å²) in [6, 6.07) is 4.70. The van der Waals surface area contributed by atoms with Gasteiger partial charge in [-0.1, -0.05) is 11.6 Å². The smallest absolute Gasteiger partial charge is 0.370 e.